The fourth-order valence-electron chi connectivity index (χ4n) is 1.83. The number of benzene rings is 2. The van der Waals surface area contributed by atoms with Crippen LogP contribution in [0.1, 0.15) is 10.4 Å². The minimum atomic E-state index is -0.0800. The van der Waals surface area contributed by atoms with Crippen LogP contribution in [0.15, 0.2) is 45.3 Å². The van der Waals surface area contributed by atoms with E-state index in [1.165, 1.54) is 4.90 Å². The molecule has 0 radical (unpaired) electrons. The van der Waals surface area contributed by atoms with Crippen LogP contribution >= 0.6 is 31.9 Å². The van der Waals surface area contributed by atoms with Crippen molar-refractivity contribution in [1.29, 1.82) is 0 Å². The monoisotopic (exact) mass is 411 g/mol. The van der Waals surface area contributed by atoms with Gasteiger partial charge in [-0.1, -0.05) is 15.9 Å². The van der Waals surface area contributed by atoms with Gasteiger partial charge in [0, 0.05) is 28.7 Å². The number of nitrogen functional groups attached to an aromatic ring is 1. The molecule has 0 fully saturated rings. The van der Waals surface area contributed by atoms with Crippen LogP contribution in [0.25, 0.3) is 0 Å². The van der Waals surface area contributed by atoms with Gasteiger partial charge in [-0.05, 0) is 52.3 Å². The fourth-order valence-corrected chi connectivity index (χ4v) is 2.54. The van der Waals surface area contributed by atoms with Crippen molar-refractivity contribution < 1.29 is 4.79 Å². The highest BCUT2D eigenvalue weighted by Gasteiger charge is 2.14. The van der Waals surface area contributed by atoms with Crippen LogP contribution in [0.2, 0.25) is 0 Å². The number of rotatable bonds is 3. The molecule has 21 heavy (non-hydrogen) atoms. The summed E-state index contributed by atoms with van der Waals surface area (Å²) in [7, 11) is 3.44. The number of carbonyl (C=O) groups is 1. The zero-order chi connectivity index (χ0) is 15.6. The van der Waals surface area contributed by atoms with E-state index in [9.17, 15) is 4.79 Å². The van der Waals surface area contributed by atoms with Crippen LogP contribution in [-0.2, 0) is 0 Å². The summed E-state index contributed by atoms with van der Waals surface area (Å²) < 4.78 is 1.84. The fraction of sp³-hybridized carbons (Fsp3) is 0.133. The molecule has 0 heterocycles. The minimum absolute atomic E-state index is 0.0800. The molecule has 6 heteroatoms. The summed E-state index contributed by atoms with van der Waals surface area (Å²) in [5.74, 6) is -0.0800. The summed E-state index contributed by atoms with van der Waals surface area (Å²) in [5, 5.41) is 3.25. The minimum Gasteiger partial charge on any atom is -0.399 e. The molecule has 0 aliphatic heterocycles. The quantitative estimate of drug-likeness (QED) is 0.741. The molecule has 4 nitrogen and oxygen atoms in total. The van der Waals surface area contributed by atoms with E-state index in [-0.39, 0.29) is 5.91 Å². The Morgan fingerprint density at radius 3 is 2.48 bits per heavy atom. The number of amides is 1. The molecular weight excluding hydrogens is 398 g/mol. The molecule has 2 aromatic carbocycles. The van der Waals surface area contributed by atoms with Gasteiger partial charge in [0.2, 0.25) is 0 Å². The lowest BCUT2D eigenvalue weighted by Gasteiger charge is -2.17. The molecule has 2 rings (SSSR count). The molecule has 0 aliphatic rings. The Hall–Kier alpha value is -1.53. The molecule has 0 atom stereocenters. The molecule has 0 saturated heterocycles. The number of hydrogen-bond acceptors (Lipinski definition) is 3. The second-order valence-corrected chi connectivity index (χ2v) is 6.52. The molecule has 2 aromatic rings. The maximum Gasteiger partial charge on any atom is 0.255 e. The Morgan fingerprint density at radius 2 is 1.81 bits per heavy atom. The smallest absolute Gasteiger partial charge is 0.255 e. The van der Waals surface area contributed by atoms with Crippen molar-refractivity contribution in [3.05, 3.63) is 50.9 Å². The zero-order valence-electron chi connectivity index (χ0n) is 11.7. The first-order chi connectivity index (χ1) is 9.88. The van der Waals surface area contributed by atoms with Crippen molar-refractivity contribution in [3.63, 3.8) is 0 Å². The highest BCUT2D eigenvalue weighted by molar-refractivity contribution is 9.11. The molecule has 0 aromatic heterocycles. The zero-order valence-corrected chi connectivity index (χ0v) is 14.8. The first-order valence-corrected chi connectivity index (χ1v) is 7.80. The predicted octanol–water partition coefficient (Wildman–Crippen LogP) is 4.24. The van der Waals surface area contributed by atoms with Gasteiger partial charge in [-0.2, -0.15) is 0 Å². The van der Waals surface area contributed by atoms with Gasteiger partial charge in [-0.25, -0.2) is 0 Å². The third kappa shape index (κ3) is 3.77. The second kappa shape index (κ2) is 6.49. The van der Waals surface area contributed by atoms with E-state index in [2.05, 4.69) is 37.2 Å². The van der Waals surface area contributed by atoms with Gasteiger partial charge in [-0.3, -0.25) is 4.79 Å². The van der Waals surface area contributed by atoms with Crippen molar-refractivity contribution in [2.45, 2.75) is 0 Å². The summed E-state index contributed by atoms with van der Waals surface area (Å²) in [6.07, 6.45) is 0. The molecule has 110 valence electrons. The molecule has 1 amide bonds. The topological polar surface area (TPSA) is 58.4 Å². The van der Waals surface area contributed by atoms with Crippen molar-refractivity contribution in [1.82, 2.24) is 4.90 Å². The van der Waals surface area contributed by atoms with Crippen LogP contribution in [0.3, 0.4) is 0 Å². The van der Waals surface area contributed by atoms with Crippen LogP contribution in [0.4, 0.5) is 17.1 Å². The van der Waals surface area contributed by atoms with Crippen molar-refractivity contribution in [3.8, 4) is 0 Å². The highest BCUT2D eigenvalue weighted by Crippen LogP contribution is 2.31. The maximum atomic E-state index is 12.2. The van der Waals surface area contributed by atoms with E-state index >= 15 is 0 Å². The first kappa shape index (κ1) is 15.9. The maximum absolute atomic E-state index is 12.2. The molecule has 3 N–H and O–H groups in total. The number of hydrogen-bond donors (Lipinski definition) is 2. The number of anilines is 3. The van der Waals surface area contributed by atoms with Crippen molar-refractivity contribution in [2.24, 2.45) is 0 Å². The Labute approximate surface area is 140 Å². The lowest BCUT2D eigenvalue weighted by Crippen LogP contribution is -2.22. The lowest BCUT2D eigenvalue weighted by atomic mass is 10.1. The van der Waals surface area contributed by atoms with Gasteiger partial charge < -0.3 is 16.0 Å². The third-order valence-electron chi connectivity index (χ3n) is 2.88. The number of nitrogens with two attached hydrogens (primary N) is 1. The van der Waals surface area contributed by atoms with Crippen LogP contribution in [-0.4, -0.2) is 24.9 Å². The molecule has 0 spiro atoms. The largest absolute Gasteiger partial charge is 0.399 e. The molecule has 0 saturated carbocycles. The SMILES string of the molecule is CN(C)C(=O)c1ccc(N)cc1Nc1cc(Br)ccc1Br. The van der Waals surface area contributed by atoms with Gasteiger partial charge in [0.05, 0.1) is 16.9 Å². The average Bonchev–Trinajstić information content (AvgIpc) is 2.42. The van der Waals surface area contributed by atoms with E-state index < -0.39 is 0 Å². The number of nitrogens with one attached hydrogen (secondary N) is 1. The standard InChI is InChI=1S/C15H15Br2N3O/c1-20(2)15(21)11-5-4-10(18)8-13(11)19-14-7-9(16)3-6-12(14)17/h3-8,19H,18H2,1-2H3. The van der Waals surface area contributed by atoms with Gasteiger partial charge >= 0.3 is 0 Å². The van der Waals surface area contributed by atoms with E-state index in [0.717, 1.165) is 14.6 Å². The van der Waals surface area contributed by atoms with E-state index in [1.807, 2.05) is 18.2 Å². The highest BCUT2D eigenvalue weighted by atomic mass is 79.9. The van der Waals surface area contributed by atoms with Crippen LogP contribution in [0.5, 0.6) is 0 Å². The van der Waals surface area contributed by atoms with E-state index in [4.69, 9.17) is 5.73 Å². The number of halogens is 2. The van der Waals surface area contributed by atoms with Gasteiger partial charge in [0.15, 0.2) is 0 Å². The molecular formula is C15H15Br2N3O. The Bertz CT molecular complexity index is 687. The first-order valence-electron chi connectivity index (χ1n) is 6.21. The number of carbonyl (C=O) groups excluding carboxylic acids is 1. The molecule has 0 aliphatic carbocycles. The van der Waals surface area contributed by atoms with Crippen molar-refractivity contribution in [2.75, 3.05) is 25.1 Å². The van der Waals surface area contributed by atoms with Crippen molar-refractivity contribution >= 4 is 54.8 Å². The van der Waals surface area contributed by atoms with E-state index in [1.54, 1.807) is 32.3 Å². The summed E-state index contributed by atoms with van der Waals surface area (Å²) >= 11 is 6.92. The van der Waals surface area contributed by atoms with Gasteiger partial charge in [-0.15, -0.1) is 0 Å². The predicted molar refractivity (Wildman–Crippen MR) is 94.0 cm³/mol. The van der Waals surface area contributed by atoms with E-state index in [0.29, 0.717) is 16.9 Å². The number of nitrogens with zero attached hydrogens (tertiary/aromatic N) is 1. The molecule has 0 unspecified atom stereocenters. The van der Waals surface area contributed by atoms with Crippen LogP contribution in [0, 0.1) is 0 Å². The Balaban J connectivity index is 2.45. The summed E-state index contributed by atoms with van der Waals surface area (Å²) in [5.41, 5.74) is 8.53. The summed E-state index contributed by atoms with van der Waals surface area (Å²) in [6.45, 7) is 0. The van der Waals surface area contributed by atoms with Gasteiger partial charge in [0.25, 0.3) is 5.91 Å². The lowest BCUT2D eigenvalue weighted by molar-refractivity contribution is 0.0828. The summed E-state index contributed by atoms with van der Waals surface area (Å²) in [4.78, 5) is 13.8. The third-order valence-corrected chi connectivity index (χ3v) is 4.06. The average molecular weight is 413 g/mol. The van der Waals surface area contributed by atoms with Gasteiger partial charge in [0.1, 0.15) is 0 Å². The second-order valence-electron chi connectivity index (χ2n) is 4.75. The Kier molecular flexibility index (Phi) is 4.90. The summed E-state index contributed by atoms with van der Waals surface area (Å²) in [6, 6.07) is 11.0. The normalized spacial score (nSPS) is 10.3. The Morgan fingerprint density at radius 1 is 1.10 bits per heavy atom. The molecule has 0 bridgehead atoms. The van der Waals surface area contributed by atoms with Crippen LogP contribution < -0.4 is 11.1 Å².